The summed E-state index contributed by atoms with van der Waals surface area (Å²) in [6.45, 7) is 7.20. The van der Waals surface area contributed by atoms with E-state index in [0.29, 0.717) is 5.92 Å². The first-order valence-corrected chi connectivity index (χ1v) is 5.70. The minimum absolute atomic E-state index is 0.0489. The second kappa shape index (κ2) is 7.43. The summed E-state index contributed by atoms with van der Waals surface area (Å²) in [6.07, 6.45) is 3.72. The predicted octanol–water partition coefficient (Wildman–Crippen LogP) is 2.22. The van der Waals surface area contributed by atoms with Crippen LogP contribution >= 0.6 is 0 Å². The van der Waals surface area contributed by atoms with E-state index in [4.69, 9.17) is 0 Å². The van der Waals surface area contributed by atoms with E-state index < -0.39 is 0 Å². The molecule has 0 aromatic rings. The van der Waals surface area contributed by atoms with E-state index in [1.807, 2.05) is 13.1 Å². The molecule has 0 saturated carbocycles. The van der Waals surface area contributed by atoms with E-state index in [9.17, 15) is 4.79 Å². The molecule has 0 aromatic heterocycles. The third-order valence-corrected chi connectivity index (χ3v) is 2.32. The quantitative estimate of drug-likeness (QED) is 0.621. The van der Waals surface area contributed by atoms with Crippen molar-refractivity contribution < 1.29 is 4.79 Å². The van der Waals surface area contributed by atoms with Gasteiger partial charge in [0.05, 0.1) is 5.92 Å². The Hall–Kier alpha value is -0.860. The summed E-state index contributed by atoms with van der Waals surface area (Å²) in [4.78, 5) is 17.6. The number of hydrogen-bond acceptors (Lipinski definition) is 2. The molecule has 1 unspecified atom stereocenters. The van der Waals surface area contributed by atoms with Crippen LogP contribution in [0, 0.1) is 11.8 Å². The van der Waals surface area contributed by atoms with Crippen LogP contribution in [-0.4, -0.2) is 37.7 Å². The van der Waals surface area contributed by atoms with Crippen LogP contribution in [0.4, 0.5) is 0 Å². The fraction of sp³-hybridized carbons (Fsp3) is 0.833. The Morgan fingerprint density at radius 1 is 1.40 bits per heavy atom. The van der Waals surface area contributed by atoms with Gasteiger partial charge in [-0.2, -0.15) is 0 Å². The highest BCUT2D eigenvalue weighted by atomic mass is 16.2. The lowest BCUT2D eigenvalue weighted by Crippen LogP contribution is -2.30. The van der Waals surface area contributed by atoms with Gasteiger partial charge in [-0.3, -0.25) is 9.79 Å². The Bertz CT molecular complexity index is 210. The van der Waals surface area contributed by atoms with Gasteiger partial charge in [-0.15, -0.1) is 0 Å². The van der Waals surface area contributed by atoms with Crippen molar-refractivity contribution in [3.8, 4) is 0 Å². The lowest BCUT2D eigenvalue weighted by Gasteiger charge is -2.15. The van der Waals surface area contributed by atoms with E-state index in [-0.39, 0.29) is 11.8 Å². The van der Waals surface area contributed by atoms with Gasteiger partial charge in [0.2, 0.25) is 5.91 Å². The Morgan fingerprint density at radius 3 is 2.40 bits per heavy atom. The fourth-order valence-corrected chi connectivity index (χ4v) is 1.21. The zero-order valence-corrected chi connectivity index (χ0v) is 10.7. The summed E-state index contributed by atoms with van der Waals surface area (Å²) < 4.78 is 0. The molecular formula is C12H24N2O. The molecule has 0 heterocycles. The Kier molecular flexibility index (Phi) is 7.01. The monoisotopic (exact) mass is 212 g/mol. The summed E-state index contributed by atoms with van der Waals surface area (Å²) in [5.41, 5.74) is 0. The number of rotatable bonds is 6. The molecule has 3 heteroatoms. The van der Waals surface area contributed by atoms with Crippen molar-refractivity contribution in [1.82, 2.24) is 4.90 Å². The molecule has 0 spiro atoms. The molecule has 0 aromatic carbocycles. The van der Waals surface area contributed by atoms with Crippen LogP contribution in [0.15, 0.2) is 4.99 Å². The SMILES string of the molecule is CCC(C=NCCC(C)C)C(=O)N(C)C. The molecule has 1 amide bonds. The molecule has 1 atom stereocenters. The van der Waals surface area contributed by atoms with Crippen LogP contribution in [0.2, 0.25) is 0 Å². The van der Waals surface area contributed by atoms with Crippen LogP contribution in [0.3, 0.4) is 0 Å². The first-order chi connectivity index (χ1) is 6.99. The fourth-order valence-electron chi connectivity index (χ4n) is 1.21. The third kappa shape index (κ3) is 6.26. The minimum Gasteiger partial charge on any atom is -0.348 e. The number of carbonyl (C=O) groups is 1. The summed E-state index contributed by atoms with van der Waals surface area (Å²) in [5, 5.41) is 0. The van der Waals surface area contributed by atoms with Gasteiger partial charge >= 0.3 is 0 Å². The third-order valence-electron chi connectivity index (χ3n) is 2.32. The molecule has 0 saturated heterocycles. The lowest BCUT2D eigenvalue weighted by atomic mass is 10.1. The van der Waals surface area contributed by atoms with Crippen molar-refractivity contribution in [2.75, 3.05) is 20.6 Å². The van der Waals surface area contributed by atoms with Gasteiger partial charge in [0, 0.05) is 26.9 Å². The highest BCUT2D eigenvalue weighted by Gasteiger charge is 2.15. The smallest absolute Gasteiger partial charge is 0.230 e. The number of nitrogens with zero attached hydrogens (tertiary/aromatic N) is 2. The molecule has 3 nitrogen and oxygen atoms in total. The van der Waals surface area contributed by atoms with Gasteiger partial charge in [0.1, 0.15) is 0 Å². The van der Waals surface area contributed by atoms with Gasteiger partial charge in [0.15, 0.2) is 0 Å². The summed E-state index contributed by atoms with van der Waals surface area (Å²) in [5.74, 6) is 0.768. The minimum atomic E-state index is -0.0489. The van der Waals surface area contributed by atoms with Gasteiger partial charge in [-0.25, -0.2) is 0 Å². The maximum Gasteiger partial charge on any atom is 0.230 e. The molecule has 88 valence electrons. The van der Waals surface area contributed by atoms with Gasteiger partial charge in [0.25, 0.3) is 0 Å². The molecule has 0 fully saturated rings. The molecule has 0 aliphatic carbocycles. The second-order valence-electron chi connectivity index (χ2n) is 4.49. The molecule has 15 heavy (non-hydrogen) atoms. The summed E-state index contributed by atoms with van der Waals surface area (Å²) in [7, 11) is 3.57. The lowest BCUT2D eigenvalue weighted by molar-refractivity contribution is -0.130. The van der Waals surface area contributed by atoms with Gasteiger partial charge < -0.3 is 4.90 Å². The maximum absolute atomic E-state index is 11.6. The molecule has 0 aliphatic rings. The number of hydrogen-bond donors (Lipinski definition) is 0. The Labute approximate surface area is 93.6 Å². The first kappa shape index (κ1) is 14.1. The van der Waals surface area contributed by atoms with Gasteiger partial charge in [-0.1, -0.05) is 20.8 Å². The highest BCUT2D eigenvalue weighted by Crippen LogP contribution is 2.04. The average molecular weight is 212 g/mol. The first-order valence-electron chi connectivity index (χ1n) is 5.70. The molecule has 0 aliphatic heterocycles. The predicted molar refractivity (Wildman–Crippen MR) is 65.3 cm³/mol. The van der Waals surface area contributed by atoms with E-state index in [1.165, 1.54) is 0 Å². The van der Waals surface area contributed by atoms with Crippen LogP contribution < -0.4 is 0 Å². The van der Waals surface area contributed by atoms with Gasteiger partial charge in [-0.05, 0) is 18.8 Å². The summed E-state index contributed by atoms with van der Waals surface area (Å²) >= 11 is 0. The van der Waals surface area contributed by atoms with Crippen molar-refractivity contribution >= 4 is 12.1 Å². The zero-order chi connectivity index (χ0) is 11.8. The zero-order valence-electron chi connectivity index (χ0n) is 10.7. The molecular weight excluding hydrogens is 188 g/mol. The normalized spacial score (nSPS) is 13.5. The largest absolute Gasteiger partial charge is 0.348 e. The average Bonchev–Trinajstić information content (AvgIpc) is 2.16. The second-order valence-corrected chi connectivity index (χ2v) is 4.49. The number of aliphatic imine (C=N–C) groups is 1. The van der Waals surface area contributed by atoms with E-state index in [0.717, 1.165) is 19.4 Å². The summed E-state index contributed by atoms with van der Waals surface area (Å²) in [6, 6.07) is 0. The number of amides is 1. The van der Waals surface area contributed by atoms with Crippen LogP contribution in [0.1, 0.15) is 33.6 Å². The van der Waals surface area contributed by atoms with Crippen LogP contribution in [0.25, 0.3) is 0 Å². The van der Waals surface area contributed by atoms with Crippen molar-refractivity contribution in [3.05, 3.63) is 0 Å². The van der Waals surface area contributed by atoms with E-state index in [2.05, 4.69) is 18.8 Å². The Morgan fingerprint density at radius 2 is 2.00 bits per heavy atom. The van der Waals surface area contributed by atoms with Crippen LogP contribution in [0.5, 0.6) is 0 Å². The van der Waals surface area contributed by atoms with E-state index >= 15 is 0 Å². The van der Waals surface area contributed by atoms with Crippen LogP contribution in [-0.2, 0) is 4.79 Å². The maximum atomic E-state index is 11.6. The van der Waals surface area contributed by atoms with Crippen molar-refractivity contribution in [2.24, 2.45) is 16.8 Å². The molecule has 0 radical (unpaired) electrons. The molecule has 0 rings (SSSR count). The van der Waals surface area contributed by atoms with Crippen molar-refractivity contribution in [1.29, 1.82) is 0 Å². The van der Waals surface area contributed by atoms with Crippen molar-refractivity contribution in [3.63, 3.8) is 0 Å². The number of carbonyl (C=O) groups excluding carboxylic acids is 1. The standard InChI is InChI=1S/C12H24N2O/c1-6-11(12(15)14(4)5)9-13-8-7-10(2)3/h9-11H,6-8H2,1-5H3. The molecule has 0 N–H and O–H groups in total. The Balaban J connectivity index is 4.04. The van der Waals surface area contributed by atoms with Crippen molar-refractivity contribution in [2.45, 2.75) is 33.6 Å². The van der Waals surface area contributed by atoms with E-state index in [1.54, 1.807) is 19.0 Å². The highest BCUT2D eigenvalue weighted by molar-refractivity contribution is 5.93. The topological polar surface area (TPSA) is 32.7 Å². The molecule has 0 bridgehead atoms.